The van der Waals surface area contributed by atoms with Crippen LogP contribution in [0, 0.1) is 0 Å². The minimum absolute atomic E-state index is 0.184. The molecule has 6 heteroatoms. The molecular formula is C9H12N4OS. The molecule has 2 heterocycles. The molecule has 0 aliphatic carbocycles. The Morgan fingerprint density at radius 3 is 3.13 bits per heavy atom. The first-order chi connectivity index (χ1) is 7.27. The molecule has 1 aromatic rings. The van der Waals surface area contributed by atoms with E-state index < -0.39 is 0 Å². The van der Waals surface area contributed by atoms with E-state index >= 15 is 0 Å². The summed E-state index contributed by atoms with van der Waals surface area (Å²) in [5.41, 5.74) is 5.55. The largest absolute Gasteiger partial charge is 0.391 e. The molecule has 1 fully saturated rings. The SMILES string of the molecule is NC(=S)C1CN(c2cnccn2)CCO1. The lowest BCUT2D eigenvalue weighted by Gasteiger charge is -2.32. The molecule has 5 nitrogen and oxygen atoms in total. The number of morpholine rings is 1. The zero-order valence-electron chi connectivity index (χ0n) is 8.17. The number of nitrogens with two attached hydrogens (primary N) is 1. The molecule has 0 amide bonds. The summed E-state index contributed by atoms with van der Waals surface area (Å²) >= 11 is 4.91. The molecule has 0 aromatic carbocycles. The first-order valence-electron chi connectivity index (χ1n) is 4.69. The second-order valence-corrected chi connectivity index (χ2v) is 3.74. The number of hydrogen-bond acceptors (Lipinski definition) is 5. The molecule has 2 N–H and O–H groups in total. The van der Waals surface area contributed by atoms with Crippen LogP contribution in [-0.4, -0.2) is 40.8 Å². The third-order valence-electron chi connectivity index (χ3n) is 2.26. The fourth-order valence-electron chi connectivity index (χ4n) is 1.48. The normalized spacial score (nSPS) is 21.3. The number of nitrogens with zero attached hydrogens (tertiary/aromatic N) is 3. The third kappa shape index (κ3) is 2.40. The van der Waals surface area contributed by atoms with Crippen LogP contribution in [0.15, 0.2) is 18.6 Å². The molecule has 1 atom stereocenters. The van der Waals surface area contributed by atoms with E-state index in [0.717, 1.165) is 12.4 Å². The smallest absolute Gasteiger partial charge is 0.147 e. The topological polar surface area (TPSA) is 64.3 Å². The molecule has 0 bridgehead atoms. The van der Waals surface area contributed by atoms with Crippen LogP contribution in [0.3, 0.4) is 0 Å². The van der Waals surface area contributed by atoms with E-state index in [1.807, 2.05) is 0 Å². The average Bonchev–Trinajstić information content (AvgIpc) is 2.30. The van der Waals surface area contributed by atoms with Crippen molar-refractivity contribution in [2.75, 3.05) is 24.6 Å². The van der Waals surface area contributed by atoms with Gasteiger partial charge in [-0.1, -0.05) is 12.2 Å². The number of hydrogen-bond donors (Lipinski definition) is 1. The van der Waals surface area contributed by atoms with Gasteiger partial charge >= 0.3 is 0 Å². The van der Waals surface area contributed by atoms with E-state index in [9.17, 15) is 0 Å². The van der Waals surface area contributed by atoms with Gasteiger partial charge in [-0.2, -0.15) is 0 Å². The summed E-state index contributed by atoms with van der Waals surface area (Å²) in [6, 6.07) is 0. The lowest BCUT2D eigenvalue weighted by molar-refractivity contribution is 0.0844. The molecule has 0 saturated carbocycles. The van der Waals surface area contributed by atoms with Crippen LogP contribution < -0.4 is 10.6 Å². The minimum atomic E-state index is -0.184. The summed E-state index contributed by atoms with van der Waals surface area (Å²) in [4.78, 5) is 10.7. The summed E-state index contributed by atoms with van der Waals surface area (Å²) in [6.07, 6.45) is 4.85. The Labute approximate surface area is 93.3 Å². The van der Waals surface area contributed by atoms with Crippen molar-refractivity contribution in [2.45, 2.75) is 6.10 Å². The standard InChI is InChI=1S/C9H12N4OS/c10-9(15)7-6-13(3-4-14-7)8-5-11-1-2-12-8/h1-2,5,7H,3-4,6H2,(H2,10,15). The molecule has 0 radical (unpaired) electrons. The van der Waals surface area contributed by atoms with Crippen molar-refractivity contribution in [3.8, 4) is 0 Å². The van der Waals surface area contributed by atoms with Crippen molar-refractivity contribution in [3.05, 3.63) is 18.6 Å². The summed E-state index contributed by atoms with van der Waals surface area (Å²) in [5, 5.41) is 0. The highest BCUT2D eigenvalue weighted by Crippen LogP contribution is 2.13. The van der Waals surface area contributed by atoms with Crippen molar-refractivity contribution in [1.29, 1.82) is 0 Å². The molecule has 0 spiro atoms. The van der Waals surface area contributed by atoms with Crippen LogP contribution >= 0.6 is 12.2 Å². The van der Waals surface area contributed by atoms with Crippen LogP contribution in [0.25, 0.3) is 0 Å². The van der Waals surface area contributed by atoms with E-state index in [-0.39, 0.29) is 6.10 Å². The third-order valence-corrected chi connectivity index (χ3v) is 2.52. The Morgan fingerprint density at radius 2 is 2.47 bits per heavy atom. The Balaban J connectivity index is 2.08. The average molecular weight is 224 g/mol. The summed E-state index contributed by atoms with van der Waals surface area (Å²) in [7, 11) is 0. The van der Waals surface area contributed by atoms with Gasteiger partial charge in [-0.05, 0) is 0 Å². The highest BCUT2D eigenvalue weighted by molar-refractivity contribution is 7.80. The molecule has 1 unspecified atom stereocenters. The van der Waals surface area contributed by atoms with Crippen molar-refractivity contribution in [3.63, 3.8) is 0 Å². The zero-order chi connectivity index (χ0) is 10.7. The fourth-order valence-corrected chi connectivity index (χ4v) is 1.63. The van der Waals surface area contributed by atoms with Gasteiger partial charge in [0.1, 0.15) is 16.9 Å². The highest BCUT2D eigenvalue weighted by Gasteiger charge is 2.23. The predicted octanol–water partition coefficient (Wildman–Crippen LogP) is -0.0321. The van der Waals surface area contributed by atoms with Gasteiger partial charge in [0.15, 0.2) is 0 Å². The second kappa shape index (κ2) is 4.50. The lowest BCUT2D eigenvalue weighted by Crippen LogP contribution is -2.48. The van der Waals surface area contributed by atoms with Gasteiger partial charge in [0, 0.05) is 18.9 Å². The number of ether oxygens (including phenoxy) is 1. The van der Waals surface area contributed by atoms with Gasteiger partial charge in [0.05, 0.1) is 19.3 Å². The van der Waals surface area contributed by atoms with Gasteiger partial charge in [-0.25, -0.2) is 4.98 Å². The van der Waals surface area contributed by atoms with Gasteiger partial charge in [-0.3, -0.25) is 4.98 Å². The van der Waals surface area contributed by atoms with Crippen molar-refractivity contribution in [1.82, 2.24) is 9.97 Å². The Hall–Kier alpha value is -1.27. The van der Waals surface area contributed by atoms with Crippen LogP contribution in [0.1, 0.15) is 0 Å². The Morgan fingerprint density at radius 1 is 1.60 bits per heavy atom. The number of aromatic nitrogens is 2. The molecule has 80 valence electrons. The quantitative estimate of drug-likeness (QED) is 0.712. The number of thiocarbonyl (C=S) groups is 1. The minimum Gasteiger partial charge on any atom is -0.391 e. The molecule has 2 rings (SSSR count). The van der Waals surface area contributed by atoms with Gasteiger partial charge < -0.3 is 15.4 Å². The fraction of sp³-hybridized carbons (Fsp3) is 0.444. The first kappa shape index (κ1) is 10.3. The van der Waals surface area contributed by atoms with Crippen molar-refractivity contribution in [2.24, 2.45) is 5.73 Å². The van der Waals surface area contributed by atoms with Crippen molar-refractivity contribution < 1.29 is 4.74 Å². The first-order valence-corrected chi connectivity index (χ1v) is 5.10. The summed E-state index contributed by atoms with van der Waals surface area (Å²) in [6.45, 7) is 2.05. The van der Waals surface area contributed by atoms with Crippen LogP contribution in [-0.2, 0) is 4.74 Å². The maximum Gasteiger partial charge on any atom is 0.147 e. The molecule has 1 saturated heterocycles. The summed E-state index contributed by atoms with van der Waals surface area (Å²) < 4.78 is 5.44. The Bertz CT molecular complexity index is 345. The summed E-state index contributed by atoms with van der Waals surface area (Å²) in [5.74, 6) is 0.835. The van der Waals surface area contributed by atoms with E-state index in [0.29, 0.717) is 18.1 Å². The van der Waals surface area contributed by atoms with E-state index in [1.54, 1.807) is 18.6 Å². The maximum atomic E-state index is 5.55. The highest BCUT2D eigenvalue weighted by atomic mass is 32.1. The van der Waals surface area contributed by atoms with E-state index in [2.05, 4.69) is 14.9 Å². The molecule has 1 aromatic heterocycles. The van der Waals surface area contributed by atoms with Crippen LogP contribution in [0.5, 0.6) is 0 Å². The predicted molar refractivity (Wildman–Crippen MR) is 60.8 cm³/mol. The molecule has 15 heavy (non-hydrogen) atoms. The van der Waals surface area contributed by atoms with E-state index in [4.69, 9.17) is 22.7 Å². The molecule has 1 aliphatic rings. The van der Waals surface area contributed by atoms with E-state index in [1.165, 1.54) is 0 Å². The van der Waals surface area contributed by atoms with Gasteiger partial charge in [0.2, 0.25) is 0 Å². The molecule has 1 aliphatic heterocycles. The monoisotopic (exact) mass is 224 g/mol. The zero-order valence-corrected chi connectivity index (χ0v) is 8.98. The van der Waals surface area contributed by atoms with Crippen LogP contribution in [0.4, 0.5) is 5.82 Å². The second-order valence-electron chi connectivity index (χ2n) is 3.27. The lowest BCUT2D eigenvalue weighted by atomic mass is 10.2. The van der Waals surface area contributed by atoms with Gasteiger partial charge in [0.25, 0.3) is 0 Å². The van der Waals surface area contributed by atoms with Crippen molar-refractivity contribution >= 4 is 23.0 Å². The maximum absolute atomic E-state index is 5.55. The number of anilines is 1. The number of rotatable bonds is 2. The Kier molecular flexibility index (Phi) is 3.08. The van der Waals surface area contributed by atoms with Crippen LogP contribution in [0.2, 0.25) is 0 Å². The molecular weight excluding hydrogens is 212 g/mol. The van der Waals surface area contributed by atoms with Gasteiger partial charge in [-0.15, -0.1) is 0 Å².